The van der Waals surface area contributed by atoms with E-state index in [1.807, 2.05) is 24.5 Å². The summed E-state index contributed by atoms with van der Waals surface area (Å²) in [4.78, 5) is 15.6. The van der Waals surface area contributed by atoms with Crippen LogP contribution in [-0.4, -0.2) is 22.3 Å². The summed E-state index contributed by atoms with van der Waals surface area (Å²) in [7, 11) is 0. The maximum absolute atomic E-state index is 10.8. The van der Waals surface area contributed by atoms with Crippen molar-refractivity contribution < 1.29 is 14.6 Å². The lowest BCUT2D eigenvalue weighted by molar-refractivity contribution is 0.0702. The van der Waals surface area contributed by atoms with E-state index in [4.69, 9.17) is 21.4 Å². The monoisotopic (exact) mass is 301 g/mol. The number of rotatable bonds is 4. The molecule has 1 aromatic carbocycles. The number of benzene rings is 1. The summed E-state index contributed by atoms with van der Waals surface area (Å²) in [5, 5.41) is 9.04. The molecule has 0 aliphatic rings. The molecule has 4 nitrogen and oxygen atoms in total. The Bertz CT molecular complexity index is 585. The van der Waals surface area contributed by atoms with Gasteiger partial charge in [-0.25, -0.2) is 4.79 Å². The molecule has 0 aliphatic carbocycles. The standard InChI is InChI=1S/C11H8ClNO3S2/c1-17-7-5-3-2-4-6(7)16-11-13-9(12)8(18-11)10(14)15/h2-5H,1H3,(H,14,15). The van der Waals surface area contributed by atoms with E-state index >= 15 is 0 Å². The number of aromatic carboxylic acids is 1. The zero-order chi connectivity index (χ0) is 13.1. The number of carboxylic acids is 1. The van der Waals surface area contributed by atoms with Crippen LogP contribution in [0.5, 0.6) is 10.9 Å². The lowest BCUT2D eigenvalue weighted by Crippen LogP contribution is -1.91. The highest BCUT2D eigenvalue weighted by atomic mass is 35.5. The second kappa shape index (κ2) is 5.60. The van der Waals surface area contributed by atoms with Gasteiger partial charge in [0.2, 0.25) is 0 Å². The molecule has 0 amide bonds. The summed E-state index contributed by atoms with van der Waals surface area (Å²) < 4.78 is 5.55. The Morgan fingerprint density at radius 1 is 1.50 bits per heavy atom. The first-order chi connectivity index (χ1) is 8.61. The highest BCUT2D eigenvalue weighted by Gasteiger charge is 2.17. The average Bonchev–Trinajstić information content (AvgIpc) is 2.71. The summed E-state index contributed by atoms with van der Waals surface area (Å²) in [5.74, 6) is -0.474. The number of carboxylic acid groups (broad SMARTS) is 1. The van der Waals surface area contributed by atoms with Gasteiger partial charge in [-0.15, -0.1) is 11.8 Å². The van der Waals surface area contributed by atoms with E-state index in [0.29, 0.717) is 5.75 Å². The van der Waals surface area contributed by atoms with Crippen molar-refractivity contribution in [3.8, 4) is 10.9 Å². The molecule has 0 radical (unpaired) electrons. The van der Waals surface area contributed by atoms with Crippen molar-refractivity contribution >= 4 is 40.7 Å². The number of hydrogen-bond acceptors (Lipinski definition) is 5. The molecule has 2 aromatic rings. The van der Waals surface area contributed by atoms with E-state index in [9.17, 15) is 4.79 Å². The predicted octanol–water partition coefficient (Wildman–Crippen LogP) is 4.01. The highest BCUT2D eigenvalue weighted by molar-refractivity contribution is 7.98. The van der Waals surface area contributed by atoms with Crippen molar-refractivity contribution in [3.63, 3.8) is 0 Å². The summed E-state index contributed by atoms with van der Waals surface area (Å²) >= 11 is 8.16. The Morgan fingerprint density at radius 2 is 2.22 bits per heavy atom. The van der Waals surface area contributed by atoms with Gasteiger partial charge in [0.15, 0.2) is 10.0 Å². The molecule has 0 bridgehead atoms. The van der Waals surface area contributed by atoms with E-state index in [1.165, 1.54) is 11.8 Å². The van der Waals surface area contributed by atoms with E-state index in [0.717, 1.165) is 16.2 Å². The van der Waals surface area contributed by atoms with Gasteiger partial charge in [-0.3, -0.25) is 0 Å². The number of thiazole rings is 1. The lowest BCUT2D eigenvalue weighted by Gasteiger charge is -2.05. The van der Waals surface area contributed by atoms with E-state index < -0.39 is 5.97 Å². The third-order valence-corrected chi connectivity index (χ3v) is 4.11. The Balaban J connectivity index is 2.29. The summed E-state index contributed by atoms with van der Waals surface area (Å²) in [6.45, 7) is 0. The molecule has 1 N–H and O–H groups in total. The number of thioether (sulfide) groups is 1. The summed E-state index contributed by atoms with van der Waals surface area (Å²) in [6, 6.07) is 7.44. The molecule has 0 saturated carbocycles. The molecule has 0 fully saturated rings. The fourth-order valence-corrected chi connectivity index (χ4v) is 2.77. The van der Waals surface area contributed by atoms with E-state index in [1.54, 1.807) is 6.07 Å². The molecule has 0 atom stereocenters. The number of ether oxygens (including phenoxy) is 1. The Hall–Kier alpha value is -1.24. The largest absolute Gasteiger partial charge is 0.477 e. The van der Waals surface area contributed by atoms with E-state index in [2.05, 4.69) is 4.98 Å². The molecule has 94 valence electrons. The van der Waals surface area contributed by atoms with Gasteiger partial charge in [-0.1, -0.05) is 35.1 Å². The molecule has 1 heterocycles. The maximum atomic E-state index is 10.8. The Labute approximate surface area is 117 Å². The van der Waals surface area contributed by atoms with Crippen LogP contribution in [0, 0.1) is 0 Å². The van der Waals surface area contributed by atoms with Gasteiger partial charge >= 0.3 is 5.97 Å². The van der Waals surface area contributed by atoms with Crippen molar-refractivity contribution in [3.05, 3.63) is 34.3 Å². The fraction of sp³-hybridized carbons (Fsp3) is 0.0909. The molecule has 7 heteroatoms. The third-order valence-electron chi connectivity index (χ3n) is 2.03. The van der Waals surface area contributed by atoms with E-state index in [-0.39, 0.29) is 15.2 Å². The van der Waals surface area contributed by atoms with Gasteiger partial charge < -0.3 is 9.84 Å². The van der Waals surface area contributed by atoms with Crippen LogP contribution in [0.4, 0.5) is 0 Å². The number of carbonyl (C=O) groups is 1. The summed E-state index contributed by atoms with van der Waals surface area (Å²) in [5.41, 5.74) is 0. The number of hydrogen-bond donors (Lipinski definition) is 1. The normalized spacial score (nSPS) is 10.3. The van der Waals surface area contributed by atoms with Crippen molar-refractivity contribution in [1.82, 2.24) is 4.98 Å². The smallest absolute Gasteiger partial charge is 0.349 e. The first-order valence-corrected chi connectivity index (χ1v) is 7.24. The van der Waals surface area contributed by atoms with Crippen LogP contribution >= 0.6 is 34.7 Å². The minimum absolute atomic E-state index is 0.0201. The average molecular weight is 302 g/mol. The summed E-state index contributed by atoms with van der Waals surface area (Å²) in [6.07, 6.45) is 1.93. The van der Waals surface area contributed by atoms with Crippen LogP contribution in [-0.2, 0) is 0 Å². The topological polar surface area (TPSA) is 59.4 Å². The molecule has 0 unspecified atom stereocenters. The molecule has 0 spiro atoms. The van der Waals surface area contributed by atoms with Crippen LogP contribution in [0.3, 0.4) is 0 Å². The zero-order valence-corrected chi connectivity index (χ0v) is 11.6. The van der Waals surface area contributed by atoms with Crippen LogP contribution in [0.15, 0.2) is 29.2 Å². The van der Waals surface area contributed by atoms with Crippen LogP contribution < -0.4 is 4.74 Å². The van der Waals surface area contributed by atoms with Gasteiger partial charge in [-0.05, 0) is 18.4 Å². The minimum Gasteiger partial charge on any atom is -0.477 e. The van der Waals surface area contributed by atoms with Crippen LogP contribution in [0.2, 0.25) is 5.15 Å². The molecular formula is C11H8ClNO3S2. The predicted molar refractivity (Wildman–Crippen MR) is 72.4 cm³/mol. The number of halogens is 1. The van der Waals surface area contributed by atoms with Gasteiger partial charge in [-0.2, -0.15) is 4.98 Å². The number of nitrogens with zero attached hydrogens (tertiary/aromatic N) is 1. The Morgan fingerprint density at radius 3 is 2.83 bits per heavy atom. The second-order valence-corrected chi connectivity index (χ2v) is 5.33. The fourth-order valence-electron chi connectivity index (χ4n) is 1.26. The Kier molecular flexibility index (Phi) is 4.11. The van der Waals surface area contributed by atoms with Crippen molar-refractivity contribution in [2.75, 3.05) is 6.26 Å². The van der Waals surface area contributed by atoms with Gasteiger partial charge in [0, 0.05) is 4.90 Å². The molecule has 1 aromatic heterocycles. The second-order valence-electron chi connectivity index (χ2n) is 3.16. The lowest BCUT2D eigenvalue weighted by atomic mass is 10.3. The molecular weight excluding hydrogens is 294 g/mol. The van der Waals surface area contributed by atoms with Gasteiger partial charge in [0.05, 0.1) is 0 Å². The third kappa shape index (κ3) is 2.77. The quantitative estimate of drug-likeness (QED) is 0.865. The van der Waals surface area contributed by atoms with Crippen molar-refractivity contribution in [2.45, 2.75) is 4.90 Å². The van der Waals surface area contributed by atoms with Crippen LogP contribution in [0.1, 0.15) is 9.67 Å². The molecule has 2 rings (SSSR count). The van der Waals surface area contributed by atoms with Crippen LogP contribution in [0.25, 0.3) is 0 Å². The molecule has 18 heavy (non-hydrogen) atoms. The SMILES string of the molecule is CSc1ccccc1Oc1nc(Cl)c(C(=O)O)s1. The first kappa shape index (κ1) is 13.2. The molecule has 0 aliphatic heterocycles. The number of aromatic nitrogens is 1. The number of para-hydroxylation sites is 1. The maximum Gasteiger partial charge on any atom is 0.349 e. The van der Waals surface area contributed by atoms with Crippen molar-refractivity contribution in [1.29, 1.82) is 0 Å². The first-order valence-electron chi connectivity index (χ1n) is 4.82. The van der Waals surface area contributed by atoms with Gasteiger partial charge in [0.1, 0.15) is 5.75 Å². The highest BCUT2D eigenvalue weighted by Crippen LogP contribution is 2.35. The van der Waals surface area contributed by atoms with Crippen molar-refractivity contribution in [2.24, 2.45) is 0 Å². The zero-order valence-electron chi connectivity index (χ0n) is 9.21. The molecule has 0 saturated heterocycles. The van der Waals surface area contributed by atoms with Gasteiger partial charge in [0.25, 0.3) is 5.19 Å². The minimum atomic E-state index is -1.11.